The third-order valence-corrected chi connectivity index (χ3v) is 4.51. The highest BCUT2D eigenvalue weighted by atomic mass is 32.1. The summed E-state index contributed by atoms with van der Waals surface area (Å²) in [7, 11) is 1.61. The SMILES string of the molecule is COc1ccc(C(=O)Nc2ccc(-c3csc(C)n3)cc2)c(C)c1. The molecule has 0 bridgehead atoms. The minimum Gasteiger partial charge on any atom is -0.497 e. The Morgan fingerprint density at radius 3 is 2.46 bits per heavy atom. The van der Waals surface area contributed by atoms with E-state index in [9.17, 15) is 4.79 Å². The molecule has 0 spiro atoms. The van der Waals surface area contributed by atoms with E-state index in [0.29, 0.717) is 5.56 Å². The van der Waals surface area contributed by atoms with Gasteiger partial charge < -0.3 is 10.1 Å². The summed E-state index contributed by atoms with van der Waals surface area (Å²) in [4.78, 5) is 16.9. The van der Waals surface area contributed by atoms with E-state index in [4.69, 9.17) is 4.74 Å². The van der Waals surface area contributed by atoms with Crippen LogP contribution in [0.2, 0.25) is 0 Å². The van der Waals surface area contributed by atoms with Crippen LogP contribution in [0.25, 0.3) is 11.3 Å². The van der Waals surface area contributed by atoms with Gasteiger partial charge in [0.25, 0.3) is 5.91 Å². The minimum atomic E-state index is -0.132. The van der Waals surface area contributed by atoms with E-state index in [-0.39, 0.29) is 5.91 Å². The fourth-order valence-electron chi connectivity index (χ4n) is 2.44. The molecule has 122 valence electrons. The van der Waals surface area contributed by atoms with Crippen molar-refractivity contribution >= 4 is 22.9 Å². The van der Waals surface area contributed by atoms with Gasteiger partial charge in [0, 0.05) is 22.2 Å². The molecule has 3 aromatic rings. The van der Waals surface area contributed by atoms with Crippen molar-refractivity contribution in [3.8, 4) is 17.0 Å². The van der Waals surface area contributed by atoms with Crippen molar-refractivity contribution in [3.63, 3.8) is 0 Å². The van der Waals surface area contributed by atoms with Crippen LogP contribution in [-0.4, -0.2) is 18.0 Å². The first-order chi connectivity index (χ1) is 11.6. The lowest BCUT2D eigenvalue weighted by Gasteiger charge is -2.09. The van der Waals surface area contributed by atoms with Gasteiger partial charge in [-0.3, -0.25) is 4.79 Å². The fourth-order valence-corrected chi connectivity index (χ4v) is 3.06. The minimum absolute atomic E-state index is 0.132. The zero-order chi connectivity index (χ0) is 17.1. The van der Waals surface area contributed by atoms with Crippen LogP contribution in [0, 0.1) is 13.8 Å². The van der Waals surface area contributed by atoms with E-state index in [1.807, 2.05) is 49.6 Å². The summed E-state index contributed by atoms with van der Waals surface area (Å²) in [5, 5.41) is 5.99. The summed E-state index contributed by atoms with van der Waals surface area (Å²) in [6, 6.07) is 13.1. The summed E-state index contributed by atoms with van der Waals surface area (Å²) in [6.07, 6.45) is 0. The smallest absolute Gasteiger partial charge is 0.255 e. The number of carbonyl (C=O) groups is 1. The van der Waals surface area contributed by atoms with E-state index in [1.165, 1.54) is 0 Å². The van der Waals surface area contributed by atoms with Gasteiger partial charge in [0.05, 0.1) is 17.8 Å². The molecule has 1 amide bonds. The number of hydrogen-bond acceptors (Lipinski definition) is 4. The number of anilines is 1. The number of rotatable bonds is 4. The maximum absolute atomic E-state index is 12.4. The van der Waals surface area contributed by atoms with Gasteiger partial charge in [0.15, 0.2) is 0 Å². The van der Waals surface area contributed by atoms with Gasteiger partial charge in [-0.1, -0.05) is 12.1 Å². The topological polar surface area (TPSA) is 51.2 Å². The second-order valence-corrected chi connectivity index (χ2v) is 6.53. The molecule has 0 aliphatic rings. The maximum atomic E-state index is 12.4. The summed E-state index contributed by atoms with van der Waals surface area (Å²) in [5.41, 5.74) is 4.27. The first-order valence-electron chi connectivity index (χ1n) is 7.55. The Labute approximate surface area is 145 Å². The predicted octanol–water partition coefficient (Wildman–Crippen LogP) is 4.69. The lowest BCUT2D eigenvalue weighted by molar-refractivity contribution is 0.102. The molecule has 1 heterocycles. The van der Waals surface area contributed by atoms with Crippen molar-refractivity contribution in [1.82, 2.24) is 4.98 Å². The van der Waals surface area contributed by atoms with Gasteiger partial charge in [-0.25, -0.2) is 4.98 Å². The average molecular weight is 338 g/mol. The summed E-state index contributed by atoms with van der Waals surface area (Å²) in [5.74, 6) is 0.611. The number of aromatic nitrogens is 1. The van der Waals surface area contributed by atoms with E-state index in [2.05, 4.69) is 10.3 Å². The maximum Gasteiger partial charge on any atom is 0.255 e. The van der Waals surface area contributed by atoms with Crippen molar-refractivity contribution in [2.45, 2.75) is 13.8 Å². The van der Waals surface area contributed by atoms with Gasteiger partial charge in [-0.05, 0) is 49.7 Å². The highest BCUT2D eigenvalue weighted by Gasteiger charge is 2.10. The van der Waals surface area contributed by atoms with Crippen molar-refractivity contribution in [2.24, 2.45) is 0 Å². The third kappa shape index (κ3) is 3.46. The normalized spacial score (nSPS) is 10.5. The molecule has 0 fully saturated rings. The van der Waals surface area contributed by atoms with E-state index >= 15 is 0 Å². The molecule has 0 atom stereocenters. The van der Waals surface area contributed by atoms with Crippen LogP contribution >= 0.6 is 11.3 Å². The van der Waals surface area contributed by atoms with Crippen LogP contribution in [-0.2, 0) is 0 Å². The predicted molar refractivity (Wildman–Crippen MR) is 98.0 cm³/mol. The van der Waals surface area contributed by atoms with Gasteiger partial charge in [-0.2, -0.15) is 0 Å². The standard InChI is InChI=1S/C19H18N2O2S/c1-12-10-16(23-3)8-9-17(12)19(22)21-15-6-4-14(5-7-15)18-11-24-13(2)20-18/h4-11H,1-3H3,(H,21,22). The number of benzene rings is 2. The molecule has 2 aromatic carbocycles. The first-order valence-corrected chi connectivity index (χ1v) is 8.43. The molecule has 24 heavy (non-hydrogen) atoms. The Morgan fingerprint density at radius 1 is 1.12 bits per heavy atom. The molecule has 0 aliphatic carbocycles. The highest BCUT2D eigenvalue weighted by Crippen LogP contribution is 2.24. The van der Waals surface area contributed by atoms with Gasteiger partial charge >= 0.3 is 0 Å². The number of aryl methyl sites for hydroxylation is 2. The van der Waals surface area contributed by atoms with E-state index < -0.39 is 0 Å². The number of thiazole rings is 1. The van der Waals surface area contributed by atoms with Crippen molar-refractivity contribution < 1.29 is 9.53 Å². The van der Waals surface area contributed by atoms with Crippen LogP contribution in [0.4, 0.5) is 5.69 Å². The quantitative estimate of drug-likeness (QED) is 0.751. The molecule has 1 N–H and O–H groups in total. The number of nitrogens with zero attached hydrogens (tertiary/aromatic N) is 1. The Balaban J connectivity index is 1.75. The Kier molecular flexibility index (Phi) is 4.62. The molecule has 5 heteroatoms. The fraction of sp³-hybridized carbons (Fsp3) is 0.158. The number of methoxy groups -OCH3 is 1. The van der Waals surface area contributed by atoms with Crippen LogP contribution in [0.5, 0.6) is 5.75 Å². The van der Waals surface area contributed by atoms with Crippen molar-refractivity contribution in [2.75, 3.05) is 12.4 Å². The molecule has 3 rings (SSSR count). The summed E-state index contributed by atoms with van der Waals surface area (Å²) >= 11 is 1.62. The lowest BCUT2D eigenvalue weighted by Crippen LogP contribution is -2.13. The number of ether oxygens (including phenoxy) is 1. The zero-order valence-corrected chi connectivity index (χ0v) is 14.6. The summed E-state index contributed by atoms with van der Waals surface area (Å²) in [6.45, 7) is 3.88. The van der Waals surface area contributed by atoms with E-state index in [1.54, 1.807) is 30.6 Å². The monoisotopic (exact) mass is 338 g/mol. The largest absolute Gasteiger partial charge is 0.497 e. The molecular formula is C19H18N2O2S. The van der Waals surface area contributed by atoms with E-state index in [0.717, 1.165) is 33.3 Å². The Bertz CT molecular complexity index is 869. The number of hydrogen-bond donors (Lipinski definition) is 1. The van der Waals surface area contributed by atoms with Crippen molar-refractivity contribution in [3.05, 3.63) is 64.0 Å². The average Bonchev–Trinajstić information content (AvgIpc) is 3.01. The van der Waals surface area contributed by atoms with Crippen LogP contribution in [0.15, 0.2) is 47.8 Å². The molecular weight excluding hydrogens is 320 g/mol. The van der Waals surface area contributed by atoms with Crippen LogP contribution < -0.4 is 10.1 Å². The van der Waals surface area contributed by atoms with Gasteiger partial charge in [0.2, 0.25) is 0 Å². The third-order valence-electron chi connectivity index (χ3n) is 3.74. The molecule has 0 saturated carbocycles. The molecule has 0 aliphatic heterocycles. The molecule has 0 unspecified atom stereocenters. The second-order valence-electron chi connectivity index (χ2n) is 5.46. The number of carbonyl (C=O) groups excluding carboxylic acids is 1. The molecule has 0 radical (unpaired) electrons. The summed E-state index contributed by atoms with van der Waals surface area (Å²) < 4.78 is 5.17. The van der Waals surface area contributed by atoms with Gasteiger partial charge in [-0.15, -0.1) is 11.3 Å². The molecule has 4 nitrogen and oxygen atoms in total. The second kappa shape index (κ2) is 6.84. The van der Waals surface area contributed by atoms with Gasteiger partial charge in [0.1, 0.15) is 5.75 Å². The Hall–Kier alpha value is -2.66. The van der Waals surface area contributed by atoms with Crippen LogP contribution in [0.3, 0.4) is 0 Å². The molecule has 0 saturated heterocycles. The number of amides is 1. The lowest BCUT2D eigenvalue weighted by atomic mass is 10.1. The zero-order valence-electron chi connectivity index (χ0n) is 13.8. The molecule has 1 aromatic heterocycles. The highest BCUT2D eigenvalue weighted by molar-refractivity contribution is 7.09. The van der Waals surface area contributed by atoms with Crippen molar-refractivity contribution in [1.29, 1.82) is 0 Å². The first kappa shape index (κ1) is 16.2. The Morgan fingerprint density at radius 2 is 1.88 bits per heavy atom. The van der Waals surface area contributed by atoms with Crippen LogP contribution in [0.1, 0.15) is 20.9 Å². The number of nitrogens with one attached hydrogen (secondary N) is 1.